The van der Waals surface area contributed by atoms with Crippen molar-refractivity contribution in [3.05, 3.63) is 12.2 Å². The Labute approximate surface area is 110 Å². The second-order valence-electron chi connectivity index (χ2n) is 5.26. The molecule has 1 fully saturated rings. The molecule has 0 bridgehead atoms. The summed E-state index contributed by atoms with van der Waals surface area (Å²) in [7, 11) is 0. The van der Waals surface area contributed by atoms with Crippen molar-refractivity contribution in [2.45, 2.75) is 51.2 Å². The van der Waals surface area contributed by atoms with Crippen LogP contribution in [0, 0.1) is 5.92 Å². The van der Waals surface area contributed by atoms with Gasteiger partial charge in [-0.15, -0.1) is 0 Å². The van der Waals surface area contributed by atoms with Gasteiger partial charge < -0.3 is 15.7 Å². The second kappa shape index (κ2) is 6.78. The minimum absolute atomic E-state index is 0.148. The van der Waals surface area contributed by atoms with Crippen LogP contribution in [0.3, 0.4) is 0 Å². The van der Waals surface area contributed by atoms with Crippen LogP contribution in [-0.4, -0.2) is 36.3 Å². The molecule has 2 rings (SSSR count). The molecule has 0 aromatic rings. The van der Waals surface area contributed by atoms with E-state index < -0.39 is 0 Å². The van der Waals surface area contributed by atoms with Gasteiger partial charge in [0.2, 0.25) is 0 Å². The smallest absolute Gasteiger partial charge is 0.191 e. The molecule has 18 heavy (non-hydrogen) atoms. The Morgan fingerprint density at radius 1 is 1.33 bits per heavy atom. The van der Waals surface area contributed by atoms with E-state index in [-0.39, 0.29) is 6.10 Å². The van der Waals surface area contributed by atoms with E-state index in [0.29, 0.717) is 12.0 Å². The average molecular weight is 251 g/mol. The molecule has 2 aliphatic carbocycles. The maximum Gasteiger partial charge on any atom is 0.191 e. The molecule has 0 radical (unpaired) electrons. The van der Waals surface area contributed by atoms with E-state index in [9.17, 15) is 5.11 Å². The van der Waals surface area contributed by atoms with E-state index in [1.165, 1.54) is 0 Å². The molecule has 2 aliphatic rings. The Kier molecular flexibility index (Phi) is 5.05. The molecule has 4 nitrogen and oxygen atoms in total. The lowest BCUT2D eigenvalue weighted by Gasteiger charge is -2.18. The number of nitrogens with zero attached hydrogens (tertiary/aromatic N) is 1. The molecule has 0 saturated heterocycles. The van der Waals surface area contributed by atoms with Gasteiger partial charge in [-0.05, 0) is 32.6 Å². The normalized spacial score (nSPS) is 28.9. The number of hydrogen-bond donors (Lipinski definition) is 3. The highest BCUT2D eigenvalue weighted by molar-refractivity contribution is 5.80. The summed E-state index contributed by atoms with van der Waals surface area (Å²) < 4.78 is 0. The van der Waals surface area contributed by atoms with Gasteiger partial charge in [-0.2, -0.15) is 0 Å². The number of rotatable bonds is 4. The van der Waals surface area contributed by atoms with Gasteiger partial charge in [0.1, 0.15) is 0 Å². The lowest BCUT2D eigenvalue weighted by Crippen LogP contribution is -2.42. The Morgan fingerprint density at radius 2 is 2.11 bits per heavy atom. The quantitative estimate of drug-likeness (QED) is 0.402. The van der Waals surface area contributed by atoms with Gasteiger partial charge in [0.15, 0.2) is 5.96 Å². The molecule has 1 saturated carbocycles. The molecule has 0 amide bonds. The molecule has 0 aromatic heterocycles. The van der Waals surface area contributed by atoms with Gasteiger partial charge in [0.25, 0.3) is 0 Å². The van der Waals surface area contributed by atoms with Crippen molar-refractivity contribution in [3.63, 3.8) is 0 Å². The van der Waals surface area contributed by atoms with Gasteiger partial charge in [-0.1, -0.05) is 18.6 Å². The first-order valence-corrected chi connectivity index (χ1v) is 7.17. The highest BCUT2D eigenvalue weighted by atomic mass is 16.3. The molecule has 2 unspecified atom stereocenters. The summed E-state index contributed by atoms with van der Waals surface area (Å²) in [6.07, 6.45) is 9.62. The first-order valence-electron chi connectivity index (χ1n) is 7.17. The average Bonchev–Trinajstić information content (AvgIpc) is 2.98. The third-order valence-corrected chi connectivity index (χ3v) is 3.80. The predicted molar refractivity (Wildman–Crippen MR) is 74.6 cm³/mol. The number of guanidine groups is 1. The first-order chi connectivity index (χ1) is 8.79. The number of aliphatic hydroxyl groups is 1. The zero-order valence-electron chi connectivity index (χ0n) is 11.2. The molecule has 0 aromatic carbocycles. The van der Waals surface area contributed by atoms with Gasteiger partial charge in [0.05, 0.1) is 6.10 Å². The van der Waals surface area contributed by atoms with E-state index in [4.69, 9.17) is 0 Å². The molecular weight excluding hydrogens is 226 g/mol. The van der Waals surface area contributed by atoms with Crippen LogP contribution in [0.15, 0.2) is 17.1 Å². The fourth-order valence-corrected chi connectivity index (χ4v) is 2.69. The Balaban J connectivity index is 1.83. The van der Waals surface area contributed by atoms with E-state index in [2.05, 4.69) is 34.7 Å². The topological polar surface area (TPSA) is 56.7 Å². The zero-order chi connectivity index (χ0) is 12.8. The van der Waals surface area contributed by atoms with Crippen molar-refractivity contribution in [2.24, 2.45) is 10.9 Å². The standard InChI is InChI=1S/C14H25N3O/c1-2-15-14(17-12-7-3-4-8-12)16-10-11-6-5-9-13(11)18/h3-4,11-13,18H,2,5-10H2,1H3,(H2,15,16,17). The second-order valence-corrected chi connectivity index (χ2v) is 5.26. The summed E-state index contributed by atoms with van der Waals surface area (Å²) >= 11 is 0. The third kappa shape index (κ3) is 3.73. The van der Waals surface area contributed by atoms with Crippen molar-refractivity contribution in [3.8, 4) is 0 Å². The SMILES string of the molecule is CCNC(=NCC1CCCC1O)NC1CC=CC1. The van der Waals surface area contributed by atoms with Gasteiger partial charge in [-0.3, -0.25) is 4.99 Å². The molecule has 0 heterocycles. The van der Waals surface area contributed by atoms with Crippen molar-refractivity contribution in [1.29, 1.82) is 0 Å². The molecular formula is C14H25N3O. The van der Waals surface area contributed by atoms with Crippen LogP contribution in [0.1, 0.15) is 39.0 Å². The minimum Gasteiger partial charge on any atom is -0.393 e. The lowest BCUT2D eigenvalue weighted by molar-refractivity contribution is 0.136. The van der Waals surface area contributed by atoms with Crippen LogP contribution in [0.2, 0.25) is 0 Å². The van der Waals surface area contributed by atoms with Crippen molar-refractivity contribution in [2.75, 3.05) is 13.1 Å². The maximum atomic E-state index is 9.80. The van der Waals surface area contributed by atoms with Crippen LogP contribution in [0.5, 0.6) is 0 Å². The van der Waals surface area contributed by atoms with Gasteiger partial charge >= 0.3 is 0 Å². The largest absolute Gasteiger partial charge is 0.393 e. The Hall–Kier alpha value is -1.03. The molecule has 0 aliphatic heterocycles. The van der Waals surface area contributed by atoms with Crippen LogP contribution >= 0.6 is 0 Å². The Bertz CT molecular complexity index is 306. The van der Waals surface area contributed by atoms with E-state index in [0.717, 1.165) is 51.2 Å². The van der Waals surface area contributed by atoms with Crippen LogP contribution in [-0.2, 0) is 0 Å². The van der Waals surface area contributed by atoms with E-state index >= 15 is 0 Å². The molecule has 102 valence electrons. The predicted octanol–water partition coefficient (Wildman–Crippen LogP) is 1.42. The van der Waals surface area contributed by atoms with Crippen molar-refractivity contribution in [1.82, 2.24) is 10.6 Å². The van der Waals surface area contributed by atoms with Crippen LogP contribution in [0.25, 0.3) is 0 Å². The fraction of sp³-hybridized carbons (Fsp3) is 0.786. The Morgan fingerprint density at radius 3 is 2.72 bits per heavy atom. The van der Waals surface area contributed by atoms with Crippen molar-refractivity contribution < 1.29 is 5.11 Å². The highest BCUT2D eigenvalue weighted by Gasteiger charge is 2.24. The number of aliphatic hydroxyl groups excluding tert-OH is 1. The monoisotopic (exact) mass is 251 g/mol. The molecule has 4 heteroatoms. The summed E-state index contributed by atoms with van der Waals surface area (Å²) in [4.78, 5) is 4.62. The summed E-state index contributed by atoms with van der Waals surface area (Å²) in [6, 6.07) is 0.483. The number of nitrogens with one attached hydrogen (secondary N) is 2. The van der Waals surface area contributed by atoms with E-state index in [1.54, 1.807) is 0 Å². The summed E-state index contributed by atoms with van der Waals surface area (Å²) in [6.45, 7) is 3.68. The number of aliphatic imine (C=N–C) groups is 1. The molecule has 3 N–H and O–H groups in total. The summed E-state index contributed by atoms with van der Waals surface area (Å²) in [5, 5.41) is 16.5. The summed E-state index contributed by atoms with van der Waals surface area (Å²) in [5.74, 6) is 1.24. The molecule has 0 spiro atoms. The van der Waals surface area contributed by atoms with Crippen LogP contribution < -0.4 is 10.6 Å². The maximum absolute atomic E-state index is 9.80. The lowest BCUT2D eigenvalue weighted by atomic mass is 10.1. The van der Waals surface area contributed by atoms with Crippen molar-refractivity contribution >= 4 is 5.96 Å². The first kappa shape index (κ1) is 13.4. The summed E-state index contributed by atoms with van der Waals surface area (Å²) in [5.41, 5.74) is 0. The highest BCUT2D eigenvalue weighted by Crippen LogP contribution is 2.25. The van der Waals surface area contributed by atoms with Gasteiger partial charge in [0, 0.05) is 25.0 Å². The third-order valence-electron chi connectivity index (χ3n) is 3.80. The van der Waals surface area contributed by atoms with Gasteiger partial charge in [-0.25, -0.2) is 0 Å². The number of hydrogen-bond acceptors (Lipinski definition) is 2. The molecule has 2 atom stereocenters. The minimum atomic E-state index is -0.148. The zero-order valence-corrected chi connectivity index (χ0v) is 11.2. The fourth-order valence-electron chi connectivity index (χ4n) is 2.69. The van der Waals surface area contributed by atoms with Crippen LogP contribution in [0.4, 0.5) is 0 Å². The van der Waals surface area contributed by atoms with E-state index in [1.807, 2.05) is 0 Å².